The van der Waals surface area contributed by atoms with Gasteiger partial charge in [0.1, 0.15) is 0 Å². The second kappa shape index (κ2) is 3.91. The van der Waals surface area contributed by atoms with Crippen molar-refractivity contribution in [2.24, 2.45) is 0 Å². The summed E-state index contributed by atoms with van der Waals surface area (Å²) in [6.07, 6.45) is 2.89. The highest BCUT2D eigenvalue weighted by atomic mass is 16.3. The van der Waals surface area contributed by atoms with E-state index in [1.807, 2.05) is 7.05 Å². The van der Waals surface area contributed by atoms with Crippen molar-refractivity contribution in [3.8, 4) is 0 Å². The quantitative estimate of drug-likeness (QED) is 0.542. The van der Waals surface area contributed by atoms with Crippen LogP contribution < -0.4 is 5.43 Å². The maximum Gasteiger partial charge on any atom is 0.0553 e. The lowest BCUT2D eigenvalue weighted by Gasteiger charge is -2.17. The summed E-state index contributed by atoms with van der Waals surface area (Å²) in [6.45, 7) is 2.03. The second-order valence-corrected chi connectivity index (χ2v) is 2.80. The number of rotatable bonds is 1. The van der Waals surface area contributed by atoms with Gasteiger partial charge in [-0.05, 0) is 26.3 Å². The van der Waals surface area contributed by atoms with Crippen LogP contribution in [0.2, 0.25) is 0 Å². The molecule has 1 aliphatic heterocycles. The van der Waals surface area contributed by atoms with Gasteiger partial charge in [0.2, 0.25) is 0 Å². The summed E-state index contributed by atoms with van der Waals surface area (Å²) in [4.78, 5) is 0. The van der Waals surface area contributed by atoms with Crippen molar-refractivity contribution in [2.75, 3.05) is 20.1 Å². The molecule has 2 N–H and O–H groups in total. The van der Waals surface area contributed by atoms with Gasteiger partial charge >= 0.3 is 0 Å². The van der Waals surface area contributed by atoms with Crippen LogP contribution in [0.15, 0.2) is 0 Å². The number of nitrogens with one attached hydrogen (secondary N) is 1. The summed E-state index contributed by atoms with van der Waals surface area (Å²) >= 11 is 0. The summed E-state index contributed by atoms with van der Waals surface area (Å²) in [7, 11) is 1.93. The Morgan fingerprint density at radius 2 is 2.20 bits per heavy atom. The van der Waals surface area contributed by atoms with Gasteiger partial charge in [0, 0.05) is 13.1 Å². The van der Waals surface area contributed by atoms with Gasteiger partial charge in [-0.1, -0.05) is 0 Å². The number of hydrazine groups is 1. The van der Waals surface area contributed by atoms with Gasteiger partial charge in [0.15, 0.2) is 0 Å². The van der Waals surface area contributed by atoms with Crippen molar-refractivity contribution in [3.05, 3.63) is 0 Å². The fourth-order valence-electron chi connectivity index (χ4n) is 1.30. The highest BCUT2D eigenvalue weighted by molar-refractivity contribution is 4.65. The van der Waals surface area contributed by atoms with Gasteiger partial charge in [-0.3, -0.25) is 5.43 Å². The third-order valence-corrected chi connectivity index (χ3v) is 2.01. The lowest BCUT2D eigenvalue weighted by molar-refractivity contribution is 0.149. The molecule has 0 bridgehead atoms. The van der Waals surface area contributed by atoms with Crippen LogP contribution in [0, 0.1) is 0 Å². The van der Waals surface area contributed by atoms with E-state index in [2.05, 4.69) is 10.4 Å². The van der Waals surface area contributed by atoms with Crippen LogP contribution in [-0.2, 0) is 0 Å². The average Bonchev–Trinajstić information content (AvgIpc) is 2.14. The number of aliphatic hydroxyl groups excluding tert-OH is 1. The molecular formula is C7H16N2O. The van der Waals surface area contributed by atoms with Crippen LogP contribution in [0.5, 0.6) is 0 Å². The van der Waals surface area contributed by atoms with E-state index >= 15 is 0 Å². The van der Waals surface area contributed by atoms with Gasteiger partial charge in [-0.25, -0.2) is 5.01 Å². The Hall–Kier alpha value is -0.120. The predicted octanol–water partition coefficient (Wildman–Crippen LogP) is -0.0324. The molecule has 3 nitrogen and oxygen atoms in total. The number of hydrogen-bond acceptors (Lipinski definition) is 3. The van der Waals surface area contributed by atoms with E-state index in [0.717, 1.165) is 32.4 Å². The van der Waals surface area contributed by atoms with E-state index in [1.54, 1.807) is 0 Å². The lowest BCUT2D eigenvalue weighted by atomic mass is 10.2. The van der Waals surface area contributed by atoms with Gasteiger partial charge in [-0.15, -0.1) is 0 Å². The first kappa shape index (κ1) is 7.98. The molecule has 0 aromatic carbocycles. The zero-order valence-corrected chi connectivity index (χ0v) is 6.51. The van der Waals surface area contributed by atoms with E-state index < -0.39 is 0 Å². The third kappa shape index (κ3) is 2.25. The van der Waals surface area contributed by atoms with E-state index in [1.165, 1.54) is 0 Å². The minimum absolute atomic E-state index is 0.0710. The molecule has 0 amide bonds. The average molecular weight is 144 g/mol. The molecule has 1 atom stereocenters. The molecule has 1 heterocycles. The van der Waals surface area contributed by atoms with E-state index in [-0.39, 0.29) is 6.10 Å². The van der Waals surface area contributed by atoms with Gasteiger partial charge < -0.3 is 5.11 Å². The molecule has 0 aromatic heterocycles. The first-order valence-electron chi connectivity index (χ1n) is 3.93. The number of aliphatic hydroxyl groups is 1. The first-order chi connectivity index (χ1) is 4.83. The molecule has 0 saturated carbocycles. The normalized spacial score (nSPS) is 30.0. The summed E-state index contributed by atoms with van der Waals surface area (Å²) in [5.41, 5.74) is 3.09. The highest BCUT2D eigenvalue weighted by Gasteiger charge is 2.12. The second-order valence-electron chi connectivity index (χ2n) is 2.80. The standard InChI is InChI=1S/C7H16N2O/c1-8-9-5-2-3-7(10)4-6-9/h7-8,10H,2-6H2,1H3. The van der Waals surface area contributed by atoms with Crippen molar-refractivity contribution >= 4 is 0 Å². The topological polar surface area (TPSA) is 35.5 Å². The maximum atomic E-state index is 9.25. The largest absolute Gasteiger partial charge is 0.393 e. The molecule has 0 aliphatic carbocycles. The first-order valence-corrected chi connectivity index (χ1v) is 3.93. The molecule has 1 saturated heterocycles. The Morgan fingerprint density at radius 1 is 1.40 bits per heavy atom. The Kier molecular flexibility index (Phi) is 3.12. The fourth-order valence-corrected chi connectivity index (χ4v) is 1.30. The smallest absolute Gasteiger partial charge is 0.0553 e. The van der Waals surface area contributed by atoms with E-state index in [4.69, 9.17) is 0 Å². The summed E-state index contributed by atoms with van der Waals surface area (Å²) in [5, 5.41) is 11.4. The molecule has 0 radical (unpaired) electrons. The minimum atomic E-state index is -0.0710. The molecule has 60 valence electrons. The molecule has 1 aliphatic rings. The molecule has 0 aromatic rings. The Morgan fingerprint density at radius 3 is 2.90 bits per heavy atom. The summed E-state index contributed by atoms with van der Waals surface area (Å²) in [6, 6.07) is 0. The predicted molar refractivity (Wildman–Crippen MR) is 40.5 cm³/mol. The van der Waals surface area contributed by atoms with Gasteiger partial charge in [0.25, 0.3) is 0 Å². The number of hydrogen-bond donors (Lipinski definition) is 2. The Labute approximate surface area is 62.0 Å². The van der Waals surface area contributed by atoms with Gasteiger partial charge in [-0.2, -0.15) is 0 Å². The van der Waals surface area contributed by atoms with E-state index in [9.17, 15) is 5.11 Å². The SMILES string of the molecule is CNN1CCCC(O)CC1. The summed E-state index contributed by atoms with van der Waals surface area (Å²) in [5.74, 6) is 0. The van der Waals surface area contributed by atoms with Crippen LogP contribution in [0.3, 0.4) is 0 Å². The highest BCUT2D eigenvalue weighted by Crippen LogP contribution is 2.07. The molecule has 3 heteroatoms. The van der Waals surface area contributed by atoms with Crippen molar-refractivity contribution in [1.82, 2.24) is 10.4 Å². The molecule has 1 unspecified atom stereocenters. The van der Waals surface area contributed by atoms with E-state index in [0.29, 0.717) is 0 Å². The lowest BCUT2D eigenvalue weighted by Crippen LogP contribution is -2.35. The summed E-state index contributed by atoms with van der Waals surface area (Å²) < 4.78 is 0. The van der Waals surface area contributed by atoms with Crippen molar-refractivity contribution in [3.63, 3.8) is 0 Å². The van der Waals surface area contributed by atoms with Gasteiger partial charge in [0.05, 0.1) is 6.10 Å². The Balaban J connectivity index is 2.26. The molecule has 1 rings (SSSR count). The van der Waals surface area contributed by atoms with Crippen LogP contribution in [0.4, 0.5) is 0 Å². The van der Waals surface area contributed by atoms with Crippen LogP contribution in [-0.4, -0.2) is 36.4 Å². The van der Waals surface area contributed by atoms with Crippen LogP contribution >= 0.6 is 0 Å². The molecule has 10 heavy (non-hydrogen) atoms. The minimum Gasteiger partial charge on any atom is -0.393 e. The Bertz CT molecular complexity index is 97.6. The molecule has 1 fully saturated rings. The van der Waals surface area contributed by atoms with Crippen molar-refractivity contribution in [1.29, 1.82) is 0 Å². The van der Waals surface area contributed by atoms with Crippen molar-refractivity contribution in [2.45, 2.75) is 25.4 Å². The third-order valence-electron chi connectivity index (χ3n) is 2.01. The molecule has 0 spiro atoms. The zero-order chi connectivity index (χ0) is 7.40. The van der Waals surface area contributed by atoms with Crippen molar-refractivity contribution < 1.29 is 5.11 Å². The molecular weight excluding hydrogens is 128 g/mol. The fraction of sp³-hybridized carbons (Fsp3) is 1.00. The maximum absolute atomic E-state index is 9.25. The van der Waals surface area contributed by atoms with Crippen LogP contribution in [0.1, 0.15) is 19.3 Å². The number of nitrogens with zero attached hydrogens (tertiary/aromatic N) is 1. The zero-order valence-electron chi connectivity index (χ0n) is 6.51. The van der Waals surface area contributed by atoms with Crippen LogP contribution in [0.25, 0.3) is 0 Å². The monoisotopic (exact) mass is 144 g/mol.